The maximum Gasteiger partial charge on any atom is 0.315 e. The maximum absolute atomic E-state index is 12.2. The number of likely N-dealkylation sites (tertiary alicyclic amines) is 1. The molecule has 5 nitrogen and oxygen atoms in total. The maximum atomic E-state index is 12.2. The van der Waals surface area contributed by atoms with Gasteiger partial charge in [0.25, 0.3) is 0 Å². The third kappa shape index (κ3) is 5.18. The Bertz CT molecular complexity index is 442. The van der Waals surface area contributed by atoms with Gasteiger partial charge in [-0.15, -0.1) is 0 Å². The SMILES string of the molecule is CC[S@](=O)[C@@H]1CCC[C@@H](NC(=O)N[C@@H]2CCN(CC3CC3)C2)C1. The molecule has 132 valence electrons. The normalized spacial score (nSPS) is 33.3. The largest absolute Gasteiger partial charge is 0.335 e. The van der Waals surface area contributed by atoms with Gasteiger partial charge in [-0.1, -0.05) is 13.3 Å². The van der Waals surface area contributed by atoms with Crippen molar-refractivity contribution in [2.75, 3.05) is 25.4 Å². The Labute approximate surface area is 142 Å². The van der Waals surface area contributed by atoms with E-state index in [-0.39, 0.29) is 23.4 Å². The summed E-state index contributed by atoms with van der Waals surface area (Å²) in [5.41, 5.74) is 0. The van der Waals surface area contributed by atoms with Crippen molar-refractivity contribution in [2.45, 2.75) is 69.2 Å². The predicted molar refractivity (Wildman–Crippen MR) is 94.0 cm³/mol. The van der Waals surface area contributed by atoms with Crippen molar-refractivity contribution in [3.63, 3.8) is 0 Å². The van der Waals surface area contributed by atoms with E-state index in [9.17, 15) is 9.00 Å². The first-order valence-corrected chi connectivity index (χ1v) is 10.7. The van der Waals surface area contributed by atoms with E-state index < -0.39 is 10.8 Å². The first-order valence-electron chi connectivity index (χ1n) is 9.30. The second-order valence-electron chi connectivity index (χ2n) is 7.46. The Hall–Kier alpha value is -0.620. The van der Waals surface area contributed by atoms with Gasteiger partial charge in [0.2, 0.25) is 0 Å². The third-order valence-electron chi connectivity index (χ3n) is 5.44. The van der Waals surface area contributed by atoms with Gasteiger partial charge in [-0.05, 0) is 44.4 Å². The van der Waals surface area contributed by atoms with E-state index in [1.54, 1.807) is 0 Å². The second-order valence-corrected chi connectivity index (χ2v) is 9.47. The zero-order valence-corrected chi connectivity index (χ0v) is 15.1. The number of nitrogens with one attached hydrogen (secondary N) is 2. The molecule has 0 aromatic rings. The average molecular weight is 342 g/mol. The van der Waals surface area contributed by atoms with E-state index in [0.717, 1.165) is 56.9 Å². The van der Waals surface area contributed by atoms with E-state index in [1.807, 2.05) is 6.92 Å². The molecule has 2 saturated carbocycles. The molecule has 1 saturated heterocycles. The molecule has 0 aromatic heterocycles. The quantitative estimate of drug-likeness (QED) is 0.775. The summed E-state index contributed by atoms with van der Waals surface area (Å²) in [4.78, 5) is 14.7. The first-order chi connectivity index (χ1) is 11.1. The smallest absolute Gasteiger partial charge is 0.315 e. The van der Waals surface area contributed by atoms with Crippen molar-refractivity contribution >= 4 is 16.8 Å². The molecule has 23 heavy (non-hydrogen) atoms. The molecule has 3 aliphatic rings. The fourth-order valence-corrected chi connectivity index (χ4v) is 5.29. The molecule has 1 heterocycles. The van der Waals surface area contributed by atoms with Gasteiger partial charge < -0.3 is 15.5 Å². The van der Waals surface area contributed by atoms with Gasteiger partial charge in [0, 0.05) is 53.5 Å². The zero-order chi connectivity index (χ0) is 16.2. The van der Waals surface area contributed by atoms with E-state index in [0.29, 0.717) is 0 Å². The van der Waals surface area contributed by atoms with Crippen molar-refractivity contribution in [1.29, 1.82) is 0 Å². The molecule has 0 unspecified atom stereocenters. The minimum absolute atomic E-state index is 0.0313. The van der Waals surface area contributed by atoms with E-state index in [1.165, 1.54) is 19.4 Å². The Kier molecular flexibility index (Phi) is 5.96. The summed E-state index contributed by atoms with van der Waals surface area (Å²) in [5.74, 6) is 1.64. The summed E-state index contributed by atoms with van der Waals surface area (Å²) in [5, 5.41) is 6.52. The zero-order valence-electron chi connectivity index (χ0n) is 14.3. The molecule has 1 aliphatic heterocycles. The van der Waals surface area contributed by atoms with Crippen LogP contribution in [0.15, 0.2) is 0 Å². The summed E-state index contributed by atoms with van der Waals surface area (Å²) in [6.07, 6.45) is 7.83. The molecular weight excluding hydrogens is 310 g/mol. The van der Waals surface area contributed by atoms with Gasteiger partial charge in [0.15, 0.2) is 0 Å². The highest BCUT2D eigenvalue weighted by Crippen LogP contribution is 2.30. The highest BCUT2D eigenvalue weighted by atomic mass is 32.2. The highest BCUT2D eigenvalue weighted by Gasteiger charge is 2.31. The van der Waals surface area contributed by atoms with E-state index in [4.69, 9.17) is 0 Å². The van der Waals surface area contributed by atoms with Gasteiger partial charge in [0.05, 0.1) is 0 Å². The predicted octanol–water partition coefficient (Wildman–Crippen LogP) is 1.85. The monoisotopic (exact) mass is 341 g/mol. The van der Waals surface area contributed by atoms with Crippen LogP contribution in [0.25, 0.3) is 0 Å². The number of rotatable bonds is 6. The Morgan fingerprint density at radius 2 is 1.91 bits per heavy atom. The number of hydrogen-bond acceptors (Lipinski definition) is 3. The molecule has 3 rings (SSSR count). The van der Waals surface area contributed by atoms with Crippen LogP contribution in [0.1, 0.15) is 51.9 Å². The van der Waals surface area contributed by atoms with Crippen LogP contribution in [0.5, 0.6) is 0 Å². The van der Waals surface area contributed by atoms with Gasteiger partial charge >= 0.3 is 6.03 Å². The van der Waals surface area contributed by atoms with Crippen LogP contribution in [0, 0.1) is 5.92 Å². The van der Waals surface area contributed by atoms with Gasteiger partial charge in [-0.25, -0.2) is 4.79 Å². The van der Waals surface area contributed by atoms with Crippen molar-refractivity contribution in [2.24, 2.45) is 5.92 Å². The van der Waals surface area contributed by atoms with Crippen LogP contribution in [-0.2, 0) is 10.8 Å². The molecule has 0 radical (unpaired) electrons. The molecule has 4 atom stereocenters. The fourth-order valence-electron chi connectivity index (χ4n) is 3.94. The summed E-state index contributed by atoms with van der Waals surface area (Å²) in [7, 11) is -0.736. The number of carbonyl (C=O) groups excluding carboxylic acids is 1. The summed E-state index contributed by atoms with van der Waals surface area (Å²) in [6.45, 7) is 5.31. The Morgan fingerprint density at radius 1 is 1.13 bits per heavy atom. The van der Waals surface area contributed by atoms with Crippen LogP contribution in [0.4, 0.5) is 4.79 Å². The highest BCUT2D eigenvalue weighted by molar-refractivity contribution is 7.85. The van der Waals surface area contributed by atoms with Crippen molar-refractivity contribution < 1.29 is 9.00 Å². The topological polar surface area (TPSA) is 61.4 Å². The van der Waals surface area contributed by atoms with Crippen LogP contribution in [0.3, 0.4) is 0 Å². The Balaban J connectivity index is 1.38. The standard InChI is InChI=1S/C17H31N3O2S/c1-2-23(22)16-5-3-4-14(10-16)18-17(21)19-15-8-9-20(12-15)11-13-6-7-13/h13-16H,2-12H2,1H3,(H2,18,19,21)/t14-,15-,16-,23+/m1/s1. The number of carbonyl (C=O) groups is 1. The van der Waals surface area contributed by atoms with Crippen LogP contribution in [0.2, 0.25) is 0 Å². The van der Waals surface area contributed by atoms with Gasteiger partial charge in [-0.3, -0.25) is 4.21 Å². The number of amides is 2. The minimum atomic E-state index is -0.736. The summed E-state index contributed by atoms with van der Waals surface area (Å²) < 4.78 is 12.0. The molecular formula is C17H31N3O2S. The molecule has 2 N–H and O–H groups in total. The molecule has 2 amide bonds. The molecule has 0 aromatic carbocycles. The van der Waals surface area contributed by atoms with Gasteiger partial charge in [0.1, 0.15) is 0 Å². The molecule has 2 aliphatic carbocycles. The molecule has 0 spiro atoms. The van der Waals surface area contributed by atoms with E-state index in [2.05, 4.69) is 15.5 Å². The van der Waals surface area contributed by atoms with Crippen LogP contribution in [-0.4, -0.2) is 57.9 Å². The van der Waals surface area contributed by atoms with Crippen LogP contribution < -0.4 is 10.6 Å². The lowest BCUT2D eigenvalue weighted by Gasteiger charge is -2.29. The van der Waals surface area contributed by atoms with E-state index >= 15 is 0 Å². The number of nitrogens with zero attached hydrogens (tertiary/aromatic N) is 1. The lowest BCUT2D eigenvalue weighted by Crippen LogP contribution is -2.49. The molecule has 6 heteroatoms. The lowest BCUT2D eigenvalue weighted by atomic mass is 9.95. The van der Waals surface area contributed by atoms with Crippen molar-refractivity contribution in [3.05, 3.63) is 0 Å². The molecule has 3 fully saturated rings. The first kappa shape index (κ1) is 17.2. The molecule has 0 bridgehead atoms. The minimum Gasteiger partial charge on any atom is -0.335 e. The van der Waals surface area contributed by atoms with Crippen molar-refractivity contribution in [1.82, 2.24) is 15.5 Å². The Morgan fingerprint density at radius 3 is 2.65 bits per heavy atom. The lowest BCUT2D eigenvalue weighted by molar-refractivity contribution is 0.228. The second kappa shape index (κ2) is 7.97. The summed E-state index contributed by atoms with van der Waals surface area (Å²) in [6, 6.07) is 0.447. The summed E-state index contributed by atoms with van der Waals surface area (Å²) >= 11 is 0. The average Bonchev–Trinajstić information content (AvgIpc) is 3.25. The number of urea groups is 1. The van der Waals surface area contributed by atoms with Gasteiger partial charge in [-0.2, -0.15) is 0 Å². The van der Waals surface area contributed by atoms with Crippen molar-refractivity contribution in [3.8, 4) is 0 Å². The van der Waals surface area contributed by atoms with Crippen LogP contribution >= 0.6 is 0 Å². The number of hydrogen-bond donors (Lipinski definition) is 2. The third-order valence-corrected chi connectivity index (χ3v) is 7.18. The fraction of sp³-hybridized carbons (Fsp3) is 0.941.